The topological polar surface area (TPSA) is 64.0 Å². The molecule has 3 aliphatic rings. The minimum Gasteiger partial charge on any atom is -0.331 e. The number of aryl methyl sites for hydroxylation is 1. The van der Waals surface area contributed by atoms with Crippen LogP contribution in [-0.2, 0) is 22.9 Å². The van der Waals surface area contributed by atoms with Gasteiger partial charge in [0.2, 0.25) is 0 Å². The number of hydrogen-bond donors (Lipinski definition) is 1. The van der Waals surface area contributed by atoms with Crippen LogP contribution in [-0.4, -0.2) is 24.5 Å². The predicted octanol–water partition coefficient (Wildman–Crippen LogP) is 2.64. The molecule has 1 aliphatic heterocycles. The van der Waals surface area contributed by atoms with Crippen molar-refractivity contribution in [3.63, 3.8) is 0 Å². The fourth-order valence-electron chi connectivity index (χ4n) is 4.84. The molecule has 1 saturated carbocycles. The highest BCUT2D eigenvalue weighted by atomic mass is 32.2. The summed E-state index contributed by atoms with van der Waals surface area (Å²) >= 11 is 0. The first-order valence-electron chi connectivity index (χ1n) is 9.20. The van der Waals surface area contributed by atoms with Gasteiger partial charge in [0.05, 0.1) is 0 Å². The fraction of sp³-hybridized carbons (Fsp3) is 0.526. The molecule has 2 aliphatic carbocycles. The molecule has 0 radical (unpaired) electrons. The summed E-state index contributed by atoms with van der Waals surface area (Å²) in [4.78, 5) is 4.39. The molecule has 0 spiro atoms. The molecule has 1 N–H and O–H groups in total. The van der Waals surface area contributed by atoms with E-state index in [1.807, 2.05) is 4.57 Å². The van der Waals surface area contributed by atoms with E-state index in [4.69, 9.17) is 0 Å². The van der Waals surface area contributed by atoms with Crippen molar-refractivity contribution >= 4 is 10.0 Å². The van der Waals surface area contributed by atoms with Crippen molar-refractivity contribution in [1.29, 1.82) is 0 Å². The molecule has 6 heteroatoms. The molecule has 4 atom stereocenters. The first-order chi connectivity index (χ1) is 12.0. The summed E-state index contributed by atoms with van der Waals surface area (Å²) < 4.78 is 30.2. The molecule has 4 unspecified atom stereocenters. The van der Waals surface area contributed by atoms with Crippen LogP contribution in [0.5, 0.6) is 0 Å². The summed E-state index contributed by atoms with van der Waals surface area (Å²) in [7, 11) is -3.52. The summed E-state index contributed by atoms with van der Waals surface area (Å²) in [6.45, 7) is 2.64. The maximum atomic E-state index is 12.7. The molecule has 132 valence electrons. The van der Waals surface area contributed by atoms with Crippen molar-refractivity contribution in [3.05, 3.63) is 47.4 Å². The van der Waals surface area contributed by atoms with Crippen molar-refractivity contribution in [1.82, 2.24) is 14.3 Å². The van der Waals surface area contributed by atoms with Crippen LogP contribution in [0.3, 0.4) is 0 Å². The zero-order valence-corrected chi connectivity index (χ0v) is 15.2. The summed E-state index contributed by atoms with van der Waals surface area (Å²) in [6.07, 6.45) is 5.83. The normalized spacial score (nSPS) is 29.8. The molecule has 0 saturated heterocycles. The fourth-order valence-corrected chi connectivity index (χ4v) is 5.88. The van der Waals surface area contributed by atoms with Crippen LogP contribution in [0.2, 0.25) is 0 Å². The van der Waals surface area contributed by atoms with E-state index in [2.05, 4.69) is 40.9 Å². The second kappa shape index (κ2) is 5.42. The van der Waals surface area contributed by atoms with Gasteiger partial charge in [0.1, 0.15) is 5.82 Å². The third kappa shape index (κ3) is 2.46. The quantitative estimate of drug-likeness (QED) is 0.915. The highest BCUT2D eigenvalue weighted by Crippen LogP contribution is 2.61. The third-order valence-electron chi connectivity index (χ3n) is 6.27. The van der Waals surface area contributed by atoms with Crippen LogP contribution in [0.25, 0.3) is 0 Å². The second-order valence-electron chi connectivity index (χ2n) is 7.75. The van der Waals surface area contributed by atoms with E-state index >= 15 is 0 Å². The van der Waals surface area contributed by atoms with Crippen molar-refractivity contribution in [3.8, 4) is 0 Å². The molecular weight excluding hydrogens is 334 g/mol. The van der Waals surface area contributed by atoms with Crippen LogP contribution in [0.1, 0.15) is 48.7 Å². The Kier molecular flexibility index (Phi) is 3.38. The lowest BCUT2D eigenvalue weighted by Gasteiger charge is -2.20. The van der Waals surface area contributed by atoms with Gasteiger partial charge in [-0.1, -0.05) is 24.3 Å². The van der Waals surface area contributed by atoms with Gasteiger partial charge in [-0.05, 0) is 55.1 Å². The molecule has 1 aromatic heterocycles. The van der Waals surface area contributed by atoms with E-state index in [0.29, 0.717) is 30.3 Å². The average Bonchev–Trinajstić information content (AvgIpc) is 2.96. The van der Waals surface area contributed by atoms with Gasteiger partial charge in [0.15, 0.2) is 5.03 Å². The number of imidazole rings is 1. The van der Waals surface area contributed by atoms with Crippen LogP contribution in [0, 0.1) is 11.8 Å². The SMILES string of the molecule is CC1CCCc2nc(S(=O)(=O)NCC3C4Cc5ccccc5C34)cn21. The Labute approximate surface area is 148 Å². The predicted molar refractivity (Wildman–Crippen MR) is 94.9 cm³/mol. The van der Waals surface area contributed by atoms with E-state index < -0.39 is 10.0 Å². The standard InChI is InChI=1S/C19H23N3O2S/c1-12-5-4-8-17-21-18(11-22(12)17)25(23,24)20-10-16-15-9-13-6-2-3-7-14(13)19(15)16/h2-3,6-7,11-12,15-16,19-20H,4-5,8-10H2,1H3. The molecule has 0 amide bonds. The zero-order chi connectivity index (χ0) is 17.2. The van der Waals surface area contributed by atoms with E-state index in [-0.39, 0.29) is 5.03 Å². The van der Waals surface area contributed by atoms with E-state index in [1.165, 1.54) is 11.1 Å². The Morgan fingerprint density at radius 1 is 1.32 bits per heavy atom. The molecule has 1 aromatic carbocycles. The minimum atomic E-state index is -3.52. The number of sulfonamides is 1. The van der Waals surface area contributed by atoms with E-state index in [0.717, 1.165) is 31.5 Å². The van der Waals surface area contributed by atoms with Gasteiger partial charge in [-0.15, -0.1) is 0 Å². The maximum Gasteiger partial charge on any atom is 0.259 e. The molecule has 25 heavy (non-hydrogen) atoms. The van der Waals surface area contributed by atoms with Crippen LogP contribution < -0.4 is 4.72 Å². The van der Waals surface area contributed by atoms with Crippen molar-refractivity contribution in [2.24, 2.45) is 11.8 Å². The lowest BCUT2D eigenvalue weighted by Crippen LogP contribution is -2.27. The zero-order valence-electron chi connectivity index (χ0n) is 14.4. The van der Waals surface area contributed by atoms with Gasteiger partial charge in [0.25, 0.3) is 10.0 Å². The van der Waals surface area contributed by atoms with Gasteiger partial charge in [-0.3, -0.25) is 0 Å². The van der Waals surface area contributed by atoms with Crippen molar-refractivity contribution in [2.45, 2.75) is 49.6 Å². The highest BCUT2D eigenvalue weighted by molar-refractivity contribution is 7.89. The molecule has 2 aromatic rings. The van der Waals surface area contributed by atoms with Gasteiger partial charge >= 0.3 is 0 Å². The van der Waals surface area contributed by atoms with Crippen molar-refractivity contribution in [2.75, 3.05) is 6.54 Å². The number of benzene rings is 1. The third-order valence-corrected chi connectivity index (χ3v) is 7.56. The smallest absolute Gasteiger partial charge is 0.259 e. The number of nitrogens with zero attached hydrogens (tertiary/aromatic N) is 2. The lowest BCUT2D eigenvalue weighted by molar-refractivity contribution is 0.425. The number of aromatic nitrogens is 2. The molecule has 5 nitrogen and oxygen atoms in total. The highest BCUT2D eigenvalue weighted by Gasteiger charge is 2.55. The second-order valence-corrected chi connectivity index (χ2v) is 9.47. The van der Waals surface area contributed by atoms with E-state index in [9.17, 15) is 8.42 Å². The minimum absolute atomic E-state index is 0.183. The Morgan fingerprint density at radius 2 is 2.16 bits per heavy atom. The largest absolute Gasteiger partial charge is 0.331 e. The number of hydrogen-bond acceptors (Lipinski definition) is 3. The van der Waals surface area contributed by atoms with Gasteiger partial charge in [-0.2, -0.15) is 0 Å². The average molecular weight is 357 g/mol. The lowest BCUT2D eigenvalue weighted by atomic mass is 10.0. The number of fused-ring (bicyclic) bond motifs is 4. The Bertz CT molecular complexity index is 934. The Balaban J connectivity index is 1.29. The van der Waals surface area contributed by atoms with Crippen LogP contribution in [0.4, 0.5) is 0 Å². The van der Waals surface area contributed by atoms with Crippen LogP contribution >= 0.6 is 0 Å². The number of rotatable bonds is 4. The molecule has 0 bridgehead atoms. The van der Waals surface area contributed by atoms with Crippen LogP contribution in [0.15, 0.2) is 35.5 Å². The first-order valence-corrected chi connectivity index (χ1v) is 10.7. The summed E-state index contributed by atoms with van der Waals surface area (Å²) in [6, 6.07) is 8.89. The maximum absolute atomic E-state index is 12.7. The molecule has 5 rings (SSSR count). The van der Waals surface area contributed by atoms with E-state index in [1.54, 1.807) is 6.20 Å². The Morgan fingerprint density at radius 3 is 3.00 bits per heavy atom. The molecular formula is C19H23N3O2S. The summed E-state index contributed by atoms with van der Waals surface area (Å²) in [5, 5.41) is 0.183. The number of nitrogens with one attached hydrogen (secondary N) is 1. The summed E-state index contributed by atoms with van der Waals surface area (Å²) in [5.41, 5.74) is 2.86. The van der Waals surface area contributed by atoms with Gasteiger partial charge in [-0.25, -0.2) is 18.1 Å². The van der Waals surface area contributed by atoms with Gasteiger partial charge in [0, 0.05) is 25.2 Å². The molecule has 1 fully saturated rings. The molecule has 2 heterocycles. The van der Waals surface area contributed by atoms with Gasteiger partial charge < -0.3 is 4.57 Å². The van der Waals surface area contributed by atoms with Crippen molar-refractivity contribution < 1.29 is 8.42 Å². The Hall–Kier alpha value is -1.66. The first kappa shape index (κ1) is 15.6. The summed E-state index contributed by atoms with van der Waals surface area (Å²) in [5.74, 6) is 2.47. The monoisotopic (exact) mass is 357 g/mol.